The molecule has 0 aromatic heterocycles. The molecule has 1 aromatic rings. The van der Waals surface area contributed by atoms with Crippen molar-refractivity contribution < 1.29 is 0 Å². The van der Waals surface area contributed by atoms with Crippen LogP contribution in [-0.4, -0.2) is 37.6 Å². The molecule has 0 bridgehead atoms. The van der Waals surface area contributed by atoms with Crippen molar-refractivity contribution in [3.05, 3.63) is 35.4 Å². The summed E-state index contributed by atoms with van der Waals surface area (Å²) in [5.41, 5.74) is 3.02. The second-order valence-corrected chi connectivity index (χ2v) is 7.61. The first-order valence-electron chi connectivity index (χ1n) is 9.25. The van der Waals surface area contributed by atoms with E-state index in [4.69, 9.17) is 0 Å². The zero-order valence-corrected chi connectivity index (χ0v) is 14.4. The average molecular weight is 300 g/mol. The third-order valence-electron chi connectivity index (χ3n) is 5.58. The Hall–Kier alpha value is -0.860. The van der Waals surface area contributed by atoms with Crippen LogP contribution in [0.15, 0.2) is 24.3 Å². The van der Waals surface area contributed by atoms with Crippen LogP contribution in [0, 0.1) is 5.92 Å². The second-order valence-electron chi connectivity index (χ2n) is 7.61. The van der Waals surface area contributed by atoms with E-state index >= 15 is 0 Å². The van der Waals surface area contributed by atoms with Crippen LogP contribution in [-0.2, 0) is 0 Å². The maximum atomic E-state index is 3.55. The number of nitrogens with one attached hydrogen (secondary N) is 1. The van der Waals surface area contributed by atoms with E-state index in [1.807, 2.05) is 0 Å². The van der Waals surface area contributed by atoms with Gasteiger partial charge >= 0.3 is 0 Å². The van der Waals surface area contributed by atoms with Crippen molar-refractivity contribution in [2.24, 2.45) is 5.92 Å². The van der Waals surface area contributed by atoms with E-state index in [1.165, 1.54) is 64.0 Å². The fourth-order valence-electron chi connectivity index (χ4n) is 4.05. The van der Waals surface area contributed by atoms with Gasteiger partial charge < -0.3 is 10.2 Å². The third-order valence-corrected chi connectivity index (χ3v) is 5.58. The van der Waals surface area contributed by atoms with Gasteiger partial charge in [0.05, 0.1) is 0 Å². The first-order valence-corrected chi connectivity index (χ1v) is 9.25. The van der Waals surface area contributed by atoms with E-state index in [9.17, 15) is 0 Å². The van der Waals surface area contributed by atoms with Crippen molar-refractivity contribution in [2.75, 3.05) is 32.7 Å². The van der Waals surface area contributed by atoms with Gasteiger partial charge in [-0.15, -0.1) is 0 Å². The van der Waals surface area contributed by atoms with Crippen LogP contribution in [0.25, 0.3) is 0 Å². The number of hydrogen-bond donors (Lipinski definition) is 1. The minimum atomic E-state index is 0.639. The predicted octanol–water partition coefficient (Wildman–Crippen LogP) is 3.99. The van der Waals surface area contributed by atoms with E-state index in [0.29, 0.717) is 5.92 Å². The summed E-state index contributed by atoms with van der Waals surface area (Å²) >= 11 is 0. The Labute approximate surface area is 136 Å². The Morgan fingerprint density at radius 1 is 1.09 bits per heavy atom. The Kier molecular flexibility index (Phi) is 5.54. The molecule has 1 N–H and O–H groups in total. The van der Waals surface area contributed by atoms with Crippen LogP contribution in [0.5, 0.6) is 0 Å². The summed E-state index contributed by atoms with van der Waals surface area (Å²) in [6.07, 6.45) is 5.45. The first-order chi connectivity index (χ1) is 10.7. The number of likely N-dealkylation sites (tertiary alicyclic amines) is 1. The Balaban J connectivity index is 1.48. The molecule has 2 nitrogen and oxygen atoms in total. The van der Waals surface area contributed by atoms with Crippen LogP contribution in [0.1, 0.15) is 62.5 Å². The van der Waals surface area contributed by atoms with Crippen molar-refractivity contribution in [1.29, 1.82) is 0 Å². The van der Waals surface area contributed by atoms with E-state index < -0.39 is 0 Å². The number of rotatable bonds is 4. The summed E-state index contributed by atoms with van der Waals surface area (Å²) in [5, 5.41) is 3.55. The van der Waals surface area contributed by atoms with Gasteiger partial charge in [0.25, 0.3) is 0 Å². The van der Waals surface area contributed by atoms with Crippen molar-refractivity contribution in [2.45, 2.75) is 51.4 Å². The van der Waals surface area contributed by atoms with Crippen LogP contribution in [0.3, 0.4) is 0 Å². The van der Waals surface area contributed by atoms with Gasteiger partial charge in [0, 0.05) is 6.54 Å². The number of piperidine rings is 2. The molecule has 1 aromatic carbocycles. The van der Waals surface area contributed by atoms with E-state index in [-0.39, 0.29) is 0 Å². The van der Waals surface area contributed by atoms with Gasteiger partial charge in [-0.1, -0.05) is 38.1 Å². The zero-order valence-electron chi connectivity index (χ0n) is 14.4. The lowest BCUT2D eigenvalue weighted by atomic mass is 9.87. The summed E-state index contributed by atoms with van der Waals surface area (Å²) < 4.78 is 0. The quantitative estimate of drug-likeness (QED) is 0.904. The predicted molar refractivity (Wildman–Crippen MR) is 94.5 cm³/mol. The third kappa shape index (κ3) is 4.11. The molecule has 3 rings (SSSR count). The highest BCUT2D eigenvalue weighted by atomic mass is 15.1. The number of nitrogens with zero attached hydrogens (tertiary/aromatic N) is 1. The maximum absolute atomic E-state index is 3.55. The first kappa shape index (κ1) is 16.0. The largest absolute Gasteiger partial charge is 0.316 e. The van der Waals surface area contributed by atoms with Crippen LogP contribution in [0.2, 0.25) is 0 Å². The van der Waals surface area contributed by atoms with Gasteiger partial charge in [-0.2, -0.15) is 0 Å². The molecule has 2 saturated heterocycles. The van der Waals surface area contributed by atoms with E-state index in [2.05, 4.69) is 48.3 Å². The van der Waals surface area contributed by atoms with Crippen LogP contribution >= 0.6 is 0 Å². The van der Waals surface area contributed by atoms with Gasteiger partial charge in [-0.25, -0.2) is 0 Å². The summed E-state index contributed by atoms with van der Waals surface area (Å²) in [6.45, 7) is 10.9. The molecule has 0 radical (unpaired) electrons. The van der Waals surface area contributed by atoms with Gasteiger partial charge in [0.15, 0.2) is 0 Å². The molecule has 0 saturated carbocycles. The molecular formula is C20H32N2. The maximum Gasteiger partial charge on any atom is 0.00218 e. The summed E-state index contributed by atoms with van der Waals surface area (Å²) in [4.78, 5) is 2.71. The summed E-state index contributed by atoms with van der Waals surface area (Å²) in [7, 11) is 0. The van der Waals surface area contributed by atoms with E-state index in [0.717, 1.165) is 11.8 Å². The normalized spacial score (nSPS) is 24.8. The molecule has 2 fully saturated rings. The van der Waals surface area contributed by atoms with Crippen molar-refractivity contribution in [3.8, 4) is 0 Å². The molecule has 2 heteroatoms. The molecule has 122 valence electrons. The Morgan fingerprint density at radius 2 is 1.82 bits per heavy atom. The molecule has 0 aliphatic carbocycles. The summed E-state index contributed by atoms with van der Waals surface area (Å²) in [6, 6.07) is 9.42. The van der Waals surface area contributed by atoms with Gasteiger partial charge in [0.2, 0.25) is 0 Å². The molecule has 2 aliphatic heterocycles. The van der Waals surface area contributed by atoms with Gasteiger partial charge in [-0.3, -0.25) is 0 Å². The van der Waals surface area contributed by atoms with Crippen LogP contribution in [0.4, 0.5) is 0 Å². The molecule has 0 amide bonds. The smallest absolute Gasteiger partial charge is 0.00218 e. The topological polar surface area (TPSA) is 15.3 Å². The molecule has 22 heavy (non-hydrogen) atoms. The second kappa shape index (κ2) is 7.61. The van der Waals surface area contributed by atoms with Crippen LogP contribution < -0.4 is 5.32 Å². The molecule has 1 unspecified atom stereocenters. The highest BCUT2D eigenvalue weighted by molar-refractivity contribution is 5.27. The molecule has 0 spiro atoms. The summed E-state index contributed by atoms with van der Waals surface area (Å²) in [5.74, 6) is 2.30. The highest BCUT2D eigenvalue weighted by Crippen LogP contribution is 2.29. The van der Waals surface area contributed by atoms with Crippen molar-refractivity contribution in [1.82, 2.24) is 10.2 Å². The number of benzene rings is 1. The lowest BCUT2D eigenvalue weighted by Gasteiger charge is -2.35. The standard InChI is InChI=1S/C20H32N2/c1-16(2)18-5-7-19(8-6-18)20-9-12-22(13-10-20)15-17-4-3-11-21-14-17/h5-8,16-17,20-21H,3-4,9-15H2,1-2H3. The van der Waals surface area contributed by atoms with Gasteiger partial charge in [-0.05, 0) is 80.7 Å². The Morgan fingerprint density at radius 3 is 2.41 bits per heavy atom. The monoisotopic (exact) mass is 300 g/mol. The minimum absolute atomic E-state index is 0.639. The van der Waals surface area contributed by atoms with Crippen molar-refractivity contribution in [3.63, 3.8) is 0 Å². The molecular weight excluding hydrogens is 268 g/mol. The zero-order chi connectivity index (χ0) is 15.4. The van der Waals surface area contributed by atoms with Gasteiger partial charge in [0.1, 0.15) is 0 Å². The molecule has 1 atom stereocenters. The van der Waals surface area contributed by atoms with Crippen molar-refractivity contribution >= 4 is 0 Å². The number of hydrogen-bond acceptors (Lipinski definition) is 2. The lowest BCUT2D eigenvalue weighted by molar-refractivity contribution is 0.169. The Bertz CT molecular complexity index is 437. The minimum Gasteiger partial charge on any atom is -0.316 e. The highest BCUT2D eigenvalue weighted by Gasteiger charge is 2.23. The molecule has 2 aliphatic rings. The fourth-order valence-corrected chi connectivity index (χ4v) is 4.05. The fraction of sp³-hybridized carbons (Fsp3) is 0.700. The van der Waals surface area contributed by atoms with E-state index in [1.54, 1.807) is 5.56 Å². The lowest BCUT2D eigenvalue weighted by Crippen LogP contribution is -2.41. The average Bonchev–Trinajstić information content (AvgIpc) is 2.57. The molecule has 2 heterocycles. The SMILES string of the molecule is CC(C)c1ccc(C2CCN(CC3CCCNC3)CC2)cc1.